The van der Waals surface area contributed by atoms with Gasteiger partial charge in [0.1, 0.15) is 16.5 Å². The van der Waals surface area contributed by atoms with Gasteiger partial charge in [0.2, 0.25) is 5.91 Å². The van der Waals surface area contributed by atoms with Crippen molar-refractivity contribution >= 4 is 71.2 Å². The van der Waals surface area contributed by atoms with Crippen LogP contribution in [0.1, 0.15) is 34.1 Å². The average molecular weight is 581 g/mol. The number of thiazole rings is 1. The van der Waals surface area contributed by atoms with Gasteiger partial charge in [-0.1, -0.05) is 18.3 Å². The molecule has 38 heavy (non-hydrogen) atoms. The number of thiophene rings is 1. The third kappa shape index (κ3) is 5.84. The van der Waals surface area contributed by atoms with Crippen LogP contribution in [-0.4, -0.2) is 54.3 Å². The zero-order chi connectivity index (χ0) is 27.8. The number of amides is 2. The van der Waals surface area contributed by atoms with Crippen molar-refractivity contribution in [2.24, 2.45) is 18.0 Å². The van der Waals surface area contributed by atoms with Gasteiger partial charge in [0.25, 0.3) is 11.6 Å². The molecule has 15 heteroatoms. The number of nitro groups is 1. The van der Waals surface area contributed by atoms with E-state index in [1.165, 1.54) is 41.2 Å². The summed E-state index contributed by atoms with van der Waals surface area (Å²) in [6, 6.07) is 4.18. The monoisotopic (exact) mass is 580 g/mol. The predicted molar refractivity (Wildman–Crippen MR) is 142 cm³/mol. The van der Waals surface area contributed by atoms with Gasteiger partial charge >= 0.3 is 5.97 Å². The van der Waals surface area contributed by atoms with E-state index in [4.69, 9.17) is 4.74 Å². The lowest BCUT2D eigenvalue weighted by Gasteiger charge is -2.18. The Morgan fingerprint density at radius 1 is 1.26 bits per heavy atom. The van der Waals surface area contributed by atoms with Crippen LogP contribution in [0.15, 0.2) is 23.2 Å². The highest BCUT2D eigenvalue weighted by atomic mass is 32.2. The molecule has 2 aromatic heterocycles. The normalized spacial score (nSPS) is 15.8. The van der Waals surface area contributed by atoms with Gasteiger partial charge in [-0.25, -0.2) is 13.2 Å². The van der Waals surface area contributed by atoms with Crippen LogP contribution in [0.25, 0.3) is 10.2 Å². The van der Waals surface area contributed by atoms with Crippen molar-refractivity contribution in [1.82, 2.24) is 4.57 Å². The summed E-state index contributed by atoms with van der Waals surface area (Å²) in [7, 11) is -1.36. The predicted octanol–water partition coefficient (Wildman–Crippen LogP) is 2.60. The van der Waals surface area contributed by atoms with Crippen molar-refractivity contribution in [3.8, 4) is 0 Å². The third-order valence-electron chi connectivity index (χ3n) is 6.07. The van der Waals surface area contributed by atoms with E-state index in [9.17, 15) is 32.9 Å². The van der Waals surface area contributed by atoms with Crippen LogP contribution in [0.2, 0.25) is 0 Å². The molecule has 1 aliphatic rings. The summed E-state index contributed by atoms with van der Waals surface area (Å²) in [4.78, 5) is 52.9. The number of carbonyl (C=O) groups excluding carboxylic acids is 3. The second-order valence-corrected chi connectivity index (χ2v) is 13.2. The number of nitro benzene ring substituents is 1. The molecule has 1 N–H and O–H groups in total. The van der Waals surface area contributed by atoms with Crippen LogP contribution >= 0.6 is 22.7 Å². The lowest BCUT2D eigenvalue weighted by Crippen LogP contribution is -2.28. The molecule has 0 bridgehead atoms. The van der Waals surface area contributed by atoms with Gasteiger partial charge in [0.05, 0.1) is 27.8 Å². The first kappa shape index (κ1) is 27.6. The van der Waals surface area contributed by atoms with Gasteiger partial charge in [-0.2, -0.15) is 4.99 Å². The maximum Gasteiger partial charge on any atom is 0.341 e. The van der Waals surface area contributed by atoms with Crippen LogP contribution in [-0.2, 0) is 44.1 Å². The Bertz CT molecular complexity index is 1650. The topological polar surface area (TPSA) is 167 Å². The quantitative estimate of drug-likeness (QED) is 0.253. The number of benzene rings is 1. The molecule has 1 aromatic carbocycles. The zero-order valence-corrected chi connectivity index (χ0v) is 23.1. The Morgan fingerprint density at radius 2 is 2.00 bits per heavy atom. The Morgan fingerprint density at radius 3 is 2.68 bits per heavy atom. The minimum atomic E-state index is -4.19. The number of nitrogens with zero attached hydrogens (tertiary/aromatic N) is 3. The summed E-state index contributed by atoms with van der Waals surface area (Å²) < 4.78 is 32.1. The summed E-state index contributed by atoms with van der Waals surface area (Å²) in [5.74, 6) is -4.02. The number of fused-ring (bicyclic) bond motifs is 2. The summed E-state index contributed by atoms with van der Waals surface area (Å²) in [5, 5.41) is 13.8. The van der Waals surface area contributed by atoms with Crippen molar-refractivity contribution in [1.29, 1.82) is 0 Å². The molecule has 4 rings (SSSR count). The van der Waals surface area contributed by atoms with E-state index in [2.05, 4.69) is 17.2 Å². The second kappa shape index (κ2) is 10.7. The number of anilines is 1. The number of hydrogen-bond donors (Lipinski definition) is 1. The number of aromatic nitrogens is 1. The summed E-state index contributed by atoms with van der Waals surface area (Å²) in [6.07, 6.45) is 2.29. The molecular formula is C23H24N4O8S3. The highest BCUT2D eigenvalue weighted by molar-refractivity contribution is 7.92. The Hall–Kier alpha value is -3.43. The number of non-ortho nitro benzene ring substituents is 1. The van der Waals surface area contributed by atoms with E-state index in [-0.39, 0.29) is 21.1 Å². The van der Waals surface area contributed by atoms with Crippen LogP contribution in [0.5, 0.6) is 0 Å². The lowest BCUT2D eigenvalue weighted by atomic mass is 9.88. The minimum Gasteiger partial charge on any atom is -0.465 e. The van der Waals surface area contributed by atoms with Gasteiger partial charge in [0.15, 0.2) is 14.6 Å². The van der Waals surface area contributed by atoms with Crippen LogP contribution < -0.4 is 10.1 Å². The van der Waals surface area contributed by atoms with Crippen molar-refractivity contribution in [3.63, 3.8) is 0 Å². The van der Waals surface area contributed by atoms with Crippen molar-refractivity contribution in [2.75, 3.05) is 23.9 Å². The van der Waals surface area contributed by atoms with Gasteiger partial charge in [-0.15, -0.1) is 11.3 Å². The molecule has 3 aromatic rings. The van der Waals surface area contributed by atoms with Gasteiger partial charge < -0.3 is 14.6 Å². The van der Waals surface area contributed by atoms with Gasteiger partial charge in [-0.05, 0) is 36.8 Å². The fourth-order valence-corrected chi connectivity index (χ4v) is 7.74. The molecule has 12 nitrogen and oxygen atoms in total. The summed E-state index contributed by atoms with van der Waals surface area (Å²) >= 11 is 2.23. The Labute approximate surface area is 225 Å². The second-order valence-electron chi connectivity index (χ2n) is 8.99. The number of sulfone groups is 1. The van der Waals surface area contributed by atoms with E-state index in [0.29, 0.717) is 22.6 Å². The minimum absolute atomic E-state index is 0.123. The average Bonchev–Trinajstić information content (AvgIpc) is 3.33. The summed E-state index contributed by atoms with van der Waals surface area (Å²) in [5.41, 5.74) is 1.52. The number of carbonyl (C=O) groups is 3. The highest BCUT2D eigenvalue weighted by Gasteiger charge is 2.30. The lowest BCUT2D eigenvalue weighted by molar-refractivity contribution is -0.384. The van der Waals surface area contributed by atoms with Gasteiger partial charge in [-0.3, -0.25) is 19.7 Å². The van der Waals surface area contributed by atoms with Crippen LogP contribution in [0.4, 0.5) is 10.7 Å². The number of ether oxygens (including phenoxy) is 1. The van der Waals surface area contributed by atoms with E-state index >= 15 is 0 Å². The van der Waals surface area contributed by atoms with E-state index in [1.54, 1.807) is 7.05 Å². The van der Waals surface area contributed by atoms with Crippen molar-refractivity contribution in [2.45, 2.75) is 26.2 Å². The zero-order valence-electron chi connectivity index (χ0n) is 20.7. The first-order valence-electron chi connectivity index (χ1n) is 11.4. The summed E-state index contributed by atoms with van der Waals surface area (Å²) in [6.45, 7) is 2.09. The van der Waals surface area contributed by atoms with E-state index < -0.39 is 44.0 Å². The molecule has 0 saturated carbocycles. The SMILES string of the molecule is COC(=O)c1c(NC(=O)CS(=O)(=O)CC(=O)N=c2sc3cc([N+](=O)[O-])ccc3n2C)sc2c1CCC(C)C2. The number of hydrogen-bond acceptors (Lipinski definition) is 10. The number of esters is 1. The van der Waals surface area contributed by atoms with E-state index in [1.807, 2.05) is 0 Å². The molecule has 0 radical (unpaired) electrons. The molecule has 1 unspecified atom stereocenters. The molecule has 1 aliphatic carbocycles. The largest absolute Gasteiger partial charge is 0.465 e. The third-order valence-corrected chi connectivity index (χ3v) is 9.73. The molecule has 2 heterocycles. The molecule has 202 valence electrons. The van der Waals surface area contributed by atoms with Crippen LogP contribution in [0, 0.1) is 16.0 Å². The number of rotatable bonds is 7. The highest BCUT2D eigenvalue weighted by Crippen LogP contribution is 2.40. The van der Waals surface area contributed by atoms with E-state index in [0.717, 1.165) is 34.6 Å². The molecule has 0 aliphatic heterocycles. The fraction of sp³-hybridized carbons (Fsp3) is 0.391. The first-order chi connectivity index (χ1) is 17.9. The number of methoxy groups -OCH3 is 1. The molecule has 2 amide bonds. The Kier molecular flexibility index (Phi) is 7.80. The molecule has 0 saturated heterocycles. The number of nitrogens with one attached hydrogen (secondary N) is 1. The van der Waals surface area contributed by atoms with Crippen LogP contribution in [0.3, 0.4) is 0 Å². The Balaban J connectivity index is 1.49. The number of aryl methyl sites for hydroxylation is 1. The first-order valence-corrected chi connectivity index (χ1v) is 14.9. The van der Waals surface area contributed by atoms with Crippen molar-refractivity contribution < 1.29 is 32.5 Å². The molecule has 0 spiro atoms. The smallest absolute Gasteiger partial charge is 0.341 e. The fourth-order valence-electron chi connectivity index (χ4n) is 4.24. The molecular weight excluding hydrogens is 556 g/mol. The van der Waals surface area contributed by atoms with Gasteiger partial charge in [0, 0.05) is 24.1 Å². The molecule has 1 atom stereocenters. The standard InChI is InChI=1S/C23H24N4O8S3/c1-12-4-6-14-16(8-12)36-21(20(14)22(30)35-3)24-18(28)10-38(33,34)11-19(29)25-23-26(2)15-7-5-13(27(31)32)9-17(15)37-23/h5,7,9,12H,4,6,8,10-11H2,1-3H3,(H,24,28). The maximum absolute atomic E-state index is 12.6. The maximum atomic E-state index is 12.6. The molecule has 0 fully saturated rings. The van der Waals surface area contributed by atoms with Crippen molar-refractivity contribution in [3.05, 3.63) is 49.1 Å².